The molecule has 3 N–H and O–H groups in total. The summed E-state index contributed by atoms with van der Waals surface area (Å²) >= 11 is 0. The summed E-state index contributed by atoms with van der Waals surface area (Å²) in [7, 11) is 0. The maximum Gasteiger partial charge on any atom is 0.331 e. The van der Waals surface area contributed by atoms with Gasteiger partial charge in [-0.1, -0.05) is 51.1 Å². The van der Waals surface area contributed by atoms with Crippen LogP contribution in [0.25, 0.3) is 0 Å². The Labute approximate surface area is 164 Å². The number of aromatic amines is 1. The molecule has 0 amide bonds. The highest BCUT2D eigenvalue weighted by Gasteiger charge is 2.18. The van der Waals surface area contributed by atoms with Gasteiger partial charge in [0.15, 0.2) is 0 Å². The second-order valence-electron chi connectivity index (χ2n) is 6.38. The Kier molecular flexibility index (Phi) is 8.01. The van der Waals surface area contributed by atoms with Crippen LogP contribution in [0, 0.1) is 0 Å². The number of hydrazone groups is 1. The summed E-state index contributed by atoms with van der Waals surface area (Å²) < 4.78 is 1.15. The molecule has 0 aliphatic rings. The average Bonchev–Trinajstić information content (AvgIpc) is 2.70. The SMILES string of the molecule is CCC(=NNCCN(CC)CC)c1c(O)n(Cc2ccccc2)c(=O)[nH]c1=O. The number of H-pyrrole nitrogens is 1. The zero-order valence-corrected chi connectivity index (χ0v) is 16.7. The minimum atomic E-state index is -0.653. The first-order valence-electron chi connectivity index (χ1n) is 9.63. The summed E-state index contributed by atoms with van der Waals surface area (Å²) in [5.74, 6) is -0.372. The van der Waals surface area contributed by atoms with Gasteiger partial charge in [0.2, 0.25) is 5.88 Å². The van der Waals surface area contributed by atoms with Crippen molar-refractivity contribution in [1.29, 1.82) is 0 Å². The standard InChI is InChI=1S/C20H29N5O3/c1-4-16(23-21-12-13-24(5-2)6-3)17-18(26)22-20(28)25(19(17)27)14-15-10-8-7-9-11-15/h7-11,21,27H,4-6,12-14H2,1-3H3,(H,22,26,28). The first kappa shape index (κ1) is 21.4. The molecule has 2 aromatic rings. The van der Waals surface area contributed by atoms with Gasteiger partial charge in [0.05, 0.1) is 12.3 Å². The highest BCUT2D eigenvalue weighted by Crippen LogP contribution is 2.14. The predicted molar refractivity (Wildman–Crippen MR) is 111 cm³/mol. The molecule has 2 rings (SSSR count). The third kappa shape index (κ3) is 5.32. The van der Waals surface area contributed by atoms with E-state index in [0.717, 1.165) is 29.8 Å². The summed E-state index contributed by atoms with van der Waals surface area (Å²) in [5.41, 5.74) is 2.94. The highest BCUT2D eigenvalue weighted by atomic mass is 16.3. The van der Waals surface area contributed by atoms with E-state index in [4.69, 9.17) is 0 Å². The Bertz CT molecular complexity index is 898. The lowest BCUT2D eigenvalue weighted by atomic mass is 10.1. The largest absolute Gasteiger partial charge is 0.494 e. The zero-order valence-electron chi connectivity index (χ0n) is 16.7. The van der Waals surface area contributed by atoms with Gasteiger partial charge in [0.25, 0.3) is 5.56 Å². The van der Waals surface area contributed by atoms with Gasteiger partial charge < -0.3 is 15.4 Å². The van der Waals surface area contributed by atoms with Crippen LogP contribution in [0.2, 0.25) is 0 Å². The number of aromatic nitrogens is 2. The van der Waals surface area contributed by atoms with Crippen LogP contribution in [0.4, 0.5) is 0 Å². The van der Waals surface area contributed by atoms with Gasteiger partial charge in [0, 0.05) is 13.1 Å². The third-order valence-electron chi connectivity index (χ3n) is 4.63. The Morgan fingerprint density at radius 1 is 1.18 bits per heavy atom. The Morgan fingerprint density at radius 3 is 2.46 bits per heavy atom. The maximum absolute atomic E-state index is 12.4. The average molecular weight is 387 g/mol. The third-order valence-corrected chi connectivity index (χ3v) is 4.63. The fraction of sp³-hybridized carbons (Fsp3) is 0.450. The van der Waals surface area contributed by atoms with Crippen molar-refractivity contribution in [2.24, 2.45) is 5.10 Å². The molecule has 1 aromatic carbocycles. The van der Waals surface area contributed by atoms with Gasteiger partial charge >= 0.3 is 5.69 Å². The van der Waals surface area contributed by atoms with Gasteiger partial charge in [-0.15, -0.1) is 0 Å². The van der Waals surface area contributed by atoms with Crippen molar-refractivity contribution in [2.45, 2.75) is 33.7 Å². The molecule has 0 aliphatic carbocycles. The molecule has 152 valence electrons. The number of hydrogen-bond acceptors (Lipinski definition) is 6. The van der Waals surface area contributed by atoms with Gasteiger partial charge in [0.1, 0.15) is 5.56 Å². The lowest BCUT2D eigenvalue weighted by Crippen LogP contribution is -2.35. The topological polar surface area (TPSA) is 103 Å². The van der Waals surface area contributed by atoms with Crippen molar-refractivity contribution >= 4 is 5.71 Å². The van der Waals surface area contributed by atoms with E-state index in [-0.39, 0.29) is 18.0 Å². The molecule has 8 nitrogen and oxygen atoms in total. The molecule has 0 unspecified atom stereocenters. The summed E-state index contributed by atoms with van der Waals surface area (Å²) in [6.45, 7) is 9.53. The molecule has 0 fully saturated rings. The van der Waals surface area contributed by atoms with Gasteiger partial charge in [-0.3, -0.25) is 14.3 Å². The van der Waals surface area contributed by atoms with E-state index in [1.165, 1.54) is 0 Å². The van der Waals surface area contributed by atoms with E-state index < -0.39 is 11.2 Å². The number of nitrogens with one attached hydrogen (secondary N) is 2. The summed E-state index contributed by atoms with van der Waals surface area (Å²) in [4.78, 5) is 29.1. The smallest absolute Gasteiger partial charge is 0.331 e. The summed E-state index contributed by atoms with van der Waals surface area (Å²) in [6.07, 6.45) is 0.429. The van der Waals surface area contributed by atoms with Crippen LogP contribution in [0.5, 0.6) is 5.88 Å². The van der Waals surface area contributed by atoms with E-state index in [1.807, 2.05) is 37.3 Å². The lowest BCUT2D eigenvalue weighted by Gasteiger charge is -2.17. The Balaban J connectivity index is 2.29. The van der Waals surface area contributed by atoms with Crippen LogP contribution in [-0.2, 0) is 6.54 Å². The van der Waals surface area contributed by atoms with Crippen molar-refractivity contribution < 1.29 is 5.11 Å². The zero-order chi connectivity index (χ0) is 20.5. The molecule has 0 bridgehead atoms. The van der Waals surface area contributed by atoms with Crippen molar-refractivity contribution in [3.63, 3.8) is 0 Å². The van der Waals surface area contributed by atoms with Gasteiger partial charge in [-0.2, -0.15) is 5.10 Å². The van der Waals surface area contributed by atoms with Crippen LogP contribution < -0.4 is 16.7 Å². The van der Waals surface area contributed by atoms with E-state index in [9.17, 15) is 14.7 Å². The molecular weight excluding hydrogens is 358 g/mol. The van der Waals surface area contributed by atoms with Gasteiger partial charge in [-0.25, -0.2) is 4.79 Å². The molecule has 28 heavy (non-hydrogen) atoms. The van der Waals surface area contributed by atoms with Crippen molar-refractivity contribution in [1.82, 2.24) is 19.9 Å². The number of hydrogen-bond donors (Lipinski definition) is 3. The molecule has 0 saturated carbocycles. The monoisotopic (exact) mass is 387 g/mol. The second kappa shape index (κ2) is 10.5. The predicted octanol–water partition coefficient (Wildman–Crippen LogP) is 1.34. The molecule has 0 atom stereocenters. The maximum atomic E-state index is 12.4. The van der Waals surface area contributed by atoms with Crippen LogP contribution in [-0.4, -0.2) is 51.4 Å². The van der Waals surface area contributed by atoms with Crippen molar-refractivity contribution in [2.75, 3.05) is 26.2 Å². The number of benzene rings is 1. The van der Waals surface area contributed by atoms with E-state index in [2.05, 4.69) is 34.3 Å². The normalized spacial score (nSPS) is 11.8. The minimum absolute atomic E-state index is 0.0216. The first-order chi connectivity index (χ1) is 13.5. The molecule has 0 saturated heterocycles. The molecule has 1 heterocycles. The fourth-order valence-corrected chi connectivity index (χ4v) is 2.94. The second-order valence-corrected chi connectivity index (χ2v) is 6.38. The number of aromatic hydroxyl groups is 1. The van der Waals surface area contributed by atoms with Crippen LogP contribution in [0.15, 0.2) is 45.0 Å². The van der Waals surface area contributed by atoms with E-state index in [1.54, 1.807) is 0 Å². The highest BCUT2D eigenvalue weighted by molar-refractivity contribution is 6.01. The fourth-order valence-electron chi connectivity index (χ4n) is 2.94. The number of nitrogens with zero attached hydrogens (tertiary/aromatic N) is 3. The first-order valence-corrected chi connectivity index (χ1v) is 9.63. The van der Waals surface area contributed by atoms with Crippen LogP contribution in [0.1, 0.15) is 38.3 Å². The molecule has 0 radical (unpaired) electrons. The minimum Gasteiger partial charge on any atom is -0.494 e. The number of likely N-dealkylation sites (N-methyl/N-ethyl adjacent to an activating group) is 1. The van der Waals surface area contributed by atoms with E-state index in [0.29, 0.717) is 18.7 Å². The van der Waals surface area contributed by atoms with Crippen LogP contribution in [0.3, 0.4) is 0 Å². The molecular formula is C20H29N5O3. The van der Waals surface area contributed by atoms with E-state index >= 15 is 0 Å². The van der Waals surface area contributed by atoms with Crippen molar-refractivity contribution in [3.05, 3.63) is 62.3 Å². The summed E-state index contributed by atoms with van der Waals surface area (Å²) in [6, 6.07) is 9.27. The van der Waals surface area contributed by atoms with Gasteiger partial charge in [-0.05, 0) is 25.1 Å². The summed E-state index contributed by atoms with van der Waals surface area (Å²) in [5, 5.41) is 15.0. The van der Waals surface area contributed by atoms with Crippen LogP contribution >= 0.6 is 0 Å². The molecule has 8 heteroatoms. The molecule has 0 aliphatic heterocycles. The Hall–Kier alpha value is -2.87. The lowest BCUT2D eigenvalue weighted by molar-refractivity contribution is 0.303. The number of rotatable bonds is 10. The molecule has 0 spiro atoms. The Morgan fingerprint density at radius 2 is 1.86 bits per heavy atom. The van der Waals surface area contributed by atoms with Crippen molar-refractivity contribution in [3.8, 4) is 5.88 Å². The molecule has 1 aromatic heterocycles. The quantitative estimate of drug-likeness (QED) is 0.324.